The number of amides is 1. The van der Waals surface area contributed by atoms with E-state index in [0.29, 0.717) is 6.42 Å². The van der Waals surface area contributed by atoms with Crippen molar-refractivity contribution >= 4 is 15.9 Å². The summed E-state index contributed by atoms with van der Waals surface area (Å²) in [4.78, 5) is 12.0. The van der Waals surface area contributed by atoms with Gasteiger partial charge in [-0.25, -0.2) is 12.7 Å². The van der Waals surface area contributed by atoms with E-state index in [-0.39, 0.29) is 36.0 Å². The van der Waals surface area contributed by atoms with Gasteiger partial charge in [-0.05, 0) is 32.1 Å². The van der Waals surface area contributed by atoms with Crippen LogP contribution in [-0.2, 0) is 19.6 Å². The first kappa shape index (κ1) is 22.3. The van der Waals surface area contributed by atoms with Crippen molar-refractivity contribution in [2.45, 2.75) is 59.7 Å². The van der Waals surface area contributed by atoms with Crippen LogP contribution in [0.25, 0.3) is 0 Å². The quantitative estimate of drug-likeness (QED) is 0.652. The molecule has 1 amide bonds. The number of hydrogen-bond donors (Lipinski definition) is 1. The Morgan fingerprint density at radius 1 is 1.30 bits per heavy atom. The Balaban J connectivity index is 5.30. The molecular weight excluding hydrogens is 316 g/mol. The van der Waals surface area contributed by atoms with Crippen molar-refractivity contribution < 1.29 is 17.9 Å². The first-order valence-corrected chi connectivity index (χ1v) is 9.98. The predicted octanol–water partition coefficient (Wildman–Crippen LogP) is 1.86. The van der Waals surface area contributed by atoms with E-state index in [1.807, 2.05) is 34.6 Å². The molecule has 0 fully saturated rings. The molecule has 0 aliphatic carbocycles. The molecule has 6 nitrogen and oxygen atoms in total. The van der Waals surface area contributed by atoms with Gasteiger partial charge in [0.05, 0.1) is 18.5 Å². The van der Waals surface area contributed by atoms with Crippen LogP contribution >= 0.6 is 0 Å². The van der Waals surface area contributed by atoms with Crippen molar-refractivity contribution in [3.05, 3.63) is 0 Å². The van der Waals surface area contributed by atoms with Crippen LogP contribution in [0.4, 0.5) is 0 Å². The lowest BCUT2D eigenvalue weighted by molar-refractivity contribution is -0.127. The number of nitrogens with zero attached hydrogens (tertiary/aromatic N) is 1. The van der Waals surface area contributed by atoms with Gasteiger partial charge >= 0.3 is 0 Å². The normalized spacial score (nSPS) is 15.7. The summed E-state index contributed by atoms with van der Waals surface area (Å²) in [7, 11) is -0.0848. The number of rotatable bonds is 10. The number of hydrogen-bond acceptors (Lipinski definition) is 4. The number of ether oxygens (including phenoxy) is 1. The van der Waals surface area contributed by atoms with E-state index in [4.69, 9.17) is 4.74 Å². The lowest BCUT2D eigenvalue weighted by atomic mass is 9.76. The maximum atomic E-state index is 12.0. The molecular formula is C16H34N2O4S. The third kappa shape index (κ3) is 7.63. The molecule has 0 aliphatic rings. The molecule has 0 saturated carbocycles. The molecule has 0 aromatic rings. The Labute approximate surface area is 142 Å². The fraction of sp³-hybridized carbons (Fsp3) is 0.938. The monoisotopic (exact) mass is 350 g/mol. The number of carbonyl (C=O) groups is 1. The molecule has 0 aliphatic heterocycles. The summed E-state index contributed by atoms with van der Waals surface area (Å²) in [6, 6.07) is 0. The molecule has 138 valence electrons. The van der Waals surface area contributed by atoms with E-state index in [9.17, 15) is 13.2 Å². The van der Waals surface area contributed by atoms with Crippen LogP contribution < -0.4 is 5.32 Å². The van der Waals surface area contributed by atoms with Crippen LogP contribution in [0.1, 0.15) is 47.5 Å². The van der Waals surface area contributed by atoms with Crippen molar-refractivity contribution in [1.29, 1.82) is 0 Å². The molecule has 1 N–H and O–H groups in total. The average molecular weight is 351 g/mol. The number of sulfonamides is 1. The summed E-state index contributed by atoms with van der Waals surface area (Å²) in [6.45, 7) is 10.2. The molecule has 0 bridgehead atoms. The van der Waals surface area contributed by atoms with Gasteiger partial charge in [-0.2, -0.15) is 0 Å². The van der Waals surface area contributed by atoms with Crippen molar-refractivity contribution in [2.24, 2.45) is 11.3 Å². The summed E-state index contributed by atoms with van der Waals surface area (Å²) in [5.41, 5.74) is -0.337. The minimum Gasteiger partial charge on any atom is -0.374 e. The summed E-state index contributed by atoms with van der Waals surface area (Å²) in [6.07, 6.45) is 2.25. The third-order valence-corrected chi connectivity index (χ3v) is 5.46. The minimum absolute atomic E-state index is 0.0142. The number of nitrogens with one attached hydrogen (secondary N) is 1. The van der Waals surface area contributed by atoms with Gasteiger partial charge in [-0.15, -0.1) is 0 Å². The molecule has 2 unspecified atom stereocenters. The van der Waals surface area contributed by atoms with Crippen molar-refractivity contribution in [3.63, 3.8) is 0 Å². The van der Waals surface area contributed by atoms with E-state index in [1.165, 1.54) is 10.6 Å². The molecule has 0 radical (unpaired) electrons. The Hall–Kier alpha value is -0.660. The second-order valence-electron chi connectivity index (χ2n) is 7.13. The molecule has 0 aromatic heterocycles. The molecule has 0 heterocycles. The highest BCUT2D eigenvalue weighted by Crippen LogP contribution is 2.34. The summed E-state index contributed by atoms with van der Waals surface area (Å²) < 4.78 is 30.7. The van der Waals surface area contributed by atoms with Gasteiger partial charge in [0.1, 0.15) is 0 Å². The Morgan fingerprint density at radius 3 is 2.17 bits per heavy atom. The van der Waals surface area contributed by atoms with E-state index in [1.54, 1.807) is 14.1 Å². The van der Waals surface area contributed by atoms with E-state index in [2.05, 4.69) is 5.32 Å². The highest BCUT2D eigenvalue weighted by Gasteiger charge is 2.36. The molecule has 0 rings (SSSR count). The number of likely N-dealkylation sites (N-methyl/N-ethyl adjacent to an activating group) is 1. The number of carbonyl (C=O) groups excluding carboxylic acids is 1. The standard InChI is InChI=1S/C16H34N2O4S/c1-9-13(15(19)17-6)10-16(4,5)14(22-12(2)3)11-18(7)23(8,20)21/h12-14H,9-11H2,1-8H3,(H,17,19). The van der Waals surface area contributed by atoms with Crippen LogP contribution in [0.5, 0.6) is 0 Å². The van der Waals surface area contributed by atoms with Gasteiger partial charge in [0.15, 0.2) is 0 Å². The maximum absolute atomic E-state index is 12.0. The lowest BCUT2D eigenvalue weighted by Gasteiger charge is -2.39. The lowest BCUT2D eigenvalue weighted by Crippen LogP contribution is -2.46. The van der Waals surface area contributed by atoms with E-state index < -0.39 is 10.0 Å². The zero-order chi connectivity index (χ0) is 18.4. The van der Waals surface area contributed by atoms with Gasteiger partial charge in [0, 0.05) is 26.6 Å². The van der Waals surface area contributed by atoms with Gasteiger partial charge in [-0.3, -0.25) is 4.79 Å². The van der Waals surface area contributed by atoms with Crippen LogP contribution in [0.15, 0.2) is 0 Å². The largest absolute Gasteiger partial charge is 0.374 e. The smallest absolute Gasteiger partial charge is 0.222 e. The third-order valence-electron chi connectivity index (χ3n) is 4.18. The summed E-state index contributed by atoms with van der Waals surface area (Å²) >= 11 is 0. The molecule has 7 heteroatoms. The Kier molecular flexibility index (Phi) is 8.73. The molecule has 0 saturated heterocycles. The molecule has 23 heavy (non-hydrogen) atoms. The fourth-order valence-corrected chi connectivity index (χ4v) is 2.97. The zero-order valence-corrected chi connectivity index (χ0v) is 16.7. The van der Waals surface area contributed by atoms with Gasteiger partial charge in [0.2, 0.25) is 15.9 Å². The molecule has 2 atom stereocenters. The van der Waals surface area contributed by atoms with Crippen LogP contribution in [0.3, 0.4) is 0 Å². The highest BCUT2D eigenvalue weighted by molar-refractivity contribution is 7.88. The first-order valence-electron chi connectivity index (χ1n) is 8.13. The van der Waals surface area contributed by atoms with Crippen LogP contribution in [-0.4, -0.2) is 57.7 Å². The van der Waals surface area contributed by atoms with Crippen molar-refractivity contribution in [2.75, 3.05) is 26.9 Å². The van der Waals surface area contributed by atoms with Crippen molar-refractivity contribution in [3.8, 4) is 0 Å². The summed E-state index contributed by atoms with van der Waals surface area (Å²) in [5, 5.41) is 2.70. The second kappa shape index (κ2) is 8.99. The SMILES string of the molecule is CCC(CC(C)(C)C(CN(C)S(C)(=O)=O)OC(C)C)C(=O)NC. The Bertz CT molecular complexity index is 474. The second-order valence-corrected chi connectivity index (χ2v) is 9.22. The minimum atomic E-state index is -3.27. The van der Waals surface area contributed by atoms with Gasteiger partial charge in [0.25, 0.3) is 0 Å². The van der Waals surface area contributed by atoms with E-state index >= 15 is 0 Å². The van der Waals surface area contributed by atoms with Crippen molar-refractivity contribution in [1.82, 2.24) is 9.62 Å². The molecule has 0 spiro atoms. The average Bonchev–Trinajstić information content (AvgIpc) is 2.41. The van der Waals surface area contributed by atoms with Crippen LogP contribution in [0.2, 0.25) is 0 Å². The molecule has 0 aromatic carbocycles. The van der Waals surface area contributed by atoms with Gasteiger partial charge < -0.3 is 10.1 Å². The van der Waals surface area contributed by atoms with Crippen LogP contribution in [0, 0.1) is 11.3 Å². The topological polar surface area (TPSA) is 75.7 Å². The summed E-state index contributed by atoms with van der Waals surface area (Å²) in [5.74, 6) is -0.0999. The Morgan fingerprint density at radius 2 is 1.83 bits per heavy atom. The zero-order valence-electron chi connectivity index (χ0n) is 15.8. The fourth-order valence-electron chi connectivity index (χ4n) is 2.56. The first-order chi connectivity index (χ1) is 10.3. The predicted molar refractivity (Wildman–Crippen MR) is 93.7 cm³/mol. The van der Waals surface area contributed by atoms with Gasteiger partial charge in [-0.1, -0.05) is 20.8 Å². The van der Waals surface area contributed by atoms with E-state index in [0.717, 1.165) is 6.42 Å². The maximum Gasteiger partial charge on any atom is 0.222 e. The highest BCUT2D eigenvalue weighted by atomic mass is 32.2.